The standard InChI is InChI=1S/C29H33Cl2N3O5S/c1-5-20(2)32-29(36)21(3)33(18-22-11-16-26(30)27(31)17-22)28(35)19-34(23-9-7-6-8-10-23)40(37,38)25-14-12-24(39-4)13-15-25/h6-17,20-21H,5,18-19H2,1-4H3,(H,32,36)/t20-,21+/m0/s1. The molecule has 2 atom stereocenters. The van der Waals surface area contributed by atoms with Crippen molar-refractivity contribution in [2.75, 3.05) is 18.0 Å². The molecule has 3 rings (SSSR count). The Morgan fingerprint density at radius 2 is 1.60 bits per heavy atom. The van der Waals surface area contributed by atoms with Gasteiger partial charge in [0.2, 0.25) is 11.8 Å². The molecule has 0 unspecified atom stereocenters. The quantitative estimate of drug-likeness (QED) is 0.293. The molecule has 11 heteroatoms. The average molecular weight is 607 g/mol. The molecule has 0 heterocycles. The van der Waals surface area contributed by atoms with Crippen LogP contribution in [0.4, 0.5) is 5.69 Å². The topological polar surface area (TPSA) is 96.0 Å². The molecule has 3 aromatic carbocycles. The van der Waals surface area contributed by atoms with Crippen molar-refractivity contribution in [3.63, 3.8) is 0 Å². The highest BCUT2D eigenvalue weighted by Gasteiger charge is 2.32. The normalized spacial score (nSPS) is 12.8. The minimum Gasteiger partial charge on any atom is -0.497 e. The number of rotatable bonds is 12. The van der Waals surface area contributed by atoms with Crippen LogP contribution in [0.15, 0.2) is 77.7 Å². The number of hydrogen-bond donors (Lipinski definition) is 1. The van der Waals surface area contributed by atoms with E-state index in [-0.39, 0.29) is 23.4 Å². The molecule has 0 saturated heterocycles. The lowest BCUT2D eigenvalue weighted by Crippen LogP contribution is -2.52. The van der Waals surface area contributed by atoms with Gasteiger partial charge in [-0.25, -0.2) is 8.42 Å². The smallest absolute Gasteiger partial charge is 0.264 e. The van der Waals surface area contributed by atoms with Gasteiger partial charge in [0.15, 0.2) is 0 Å². The largest absolute Gasteiger partial charge is 0.497 e. The maximum absolute atomic E-state index is 13.9. The highest BCUT2D eigenvalue weighted by Crippen LogP contribution is 2.27. The van der Waals surface area contributed by atoms with Gasteiger partial charge in [-0.05, 0) is 74.4 Å². The van der Waals surface area contributed by atoms with E-state index >= 15 is 0 Å². The fourth-order valence-corrected chi connectivity index (χ4v) is 5.62. The summed E-state index contributed by atoms with van der Waals surface area (Å²) < 4.78 is 33.8. The van der Waals surface area contributed by atoms with Crippen LogP contribution in [-0.2, 0) is 26.2 Å². The molecular formula is C29H33Cl2N3O5S. The van der Waals surface area contributed by atoms with Crippen LogP contribution in [0.1, 0.15) is 32.8 Å². The Morgan fingerprint density at radius 1 is 0.950 bits per heavy atom. The molecule has 0 fully saturated rings. The molecule has 1 N–H and O–H groups in total. The minimum absolute atomic E-state index is 0.00995. The van der Waals surface area contributed by atoms with Crippen LogP contribution in [-0.4, -0.2) is 50.9 Å². The highest BCUT2D eigenvalue weighted by atomic mass is 35.5. The van der Waals surface area contributed by atoms with Gasteiger partial charge in [0, 0.05) is 12.6 Å². The summed E-state index contributed by atoms with van der Waals surface area (Å²) in [6.07, 6.45) is 0.709. The number of anilines is 1. The van der Waals surface area contributed by atoms with Crippen molar-refractivity contribution in [1.29, 1.82) is 0 Å². The van der Waals surface area contributed by atoms with Gasteiger partial charge >= 0.3 is 0 Å². The third-order valence-electron chi connectivity index (χ3n) is 6.48. The molecule has 0 aromatic heterocycles. The van der Waals surface area contributed by atoms with Crippen molar-refractivity contribution in [3.05, 3.63) is 88.4 Å². The highest BCUT2D eigenvalue weighted by molar-refractivity contribution is 7.92. The lowest BCUT2D eigenvalue weighted by molar-refractivity contribution is -0.139. The molecule has 2 amide bonds. The molecule has 214 valence electrons. The lowest BCUT2D eigenvalue weighted by atomic mass is 10.1. The van der Waals surface area contributed by atoms with Crippen LogP contribution in [0.5, 0.6) is 5.75 Å². The van der Waals surface area contributed by atoms with Gasteiger partial charge in [0.05, 0.1) is 27.7 Å². The molecule has 0 bridgehead atoms. The number of halogens is 2. The maximum atomic E-state index is 13.9. The fraction of sp³-hybridized carbons (Fsp3) is 0.310. The van der Waals surface area contributed by atoms with Gasteiger partial charge < -0.3 is 15.0 Å². The van der Waals surface area contributed by atoms with E-state index in [1.54, 1.807) is 55.5 Å². The number of carbonyl (C=O) groups is 2. The van der Waals surface area contributed by atoms with E-state index in [1.807, 2.05) is 13.8 Å². The Kier molecular flexibility index (Phi) is 10.8. The van der Waals surface area contributed by atoms with Crippen LogP contribution in [0.2, 0.25) is 10.0 Å². The molecule has 0 aliphatic rings. The first-order valence-electron chi connectivity index (χ1n) is 12.7. The molecule has 0 saturated carbocycles. The van der Waals surface area contributed by atoms with E-state index < -0.39 is 28.5 Å². The predicted molar refractivity (Wildman–Crippen MR) is 158 cm³/mol. The summed E-state index contributed by atoms with van der Waals surface area (Å²) in [6.45, 7) is 4.89. The van der Waals surface area contributed by atoms with E-state index in [1.165, 1.54) is 36.3 Å². The van der Waals surface area contributed by atoms with Crippen LogP contribution >= 0.6 is 23.2 Å². The number of benzene rings is 3. The van der Waals surface area contributed by atoms with Crippen molar-refractivity contribution in [3.8, 4) is 5.75 Å². The molecule has 0 spiro atoms. The van der Waals surface area contributed by atoms with Crippen LogP contribution in [0, 0.1) is 0 Å². The zero-order valence-electron chi connectivity index (χ0n) is 22.8. The van der Waals surface area contributed by atoms with Gasteiger partial charge in [-0.2, -0.15) is 0 Å². The number of carbonyl (C=O) groups excluding carboxylic acids is 2. The third-order valence-corrected chi connectivity index (χ3v) is 9.00. The Balaban J connectivity index is 2.01. The Morgan fingerprint density at radius 3 is 2.17 bits per heavy atom. The summed E-state index contributed by atoms with van der Waals surface area (Å²) in [7, 11) is -2.69. The lowest BCUT2D eigenvalue weighted by Gasteiger charge is -2.32. The van der Waals surface area contributed by atoms with E-state index in [0.717, 1.165) is 4.31 Å². The second-order valence-electron chi connectivity index (χ2n) is 9.29. The number of para-hydroxylation sites is 1. The van der Waals surface area contributed by atoms with Gasteiger partial charge in [0.25, 0.3) is 10.0 Å². The Hall–Kier alpha value is -3.27. The first-order valence-corrected chi connectivity index (χ1v) is 14.9. The van der Waals surface area contributed by atoms with Crippen molar-refractivity contribution in [1.82, 2.24) is 10.2 Å². The fourth-order valence-electron chi connectivity index (χ4n) is 3.88. The minimum atomic E-state index is -4.17. The van der Waals surface area contributed by atoms with Gasteiger partial charge in [0.1, 0.15) is 18.3 Å². The third kappa shape index (κ3) is 7.68. The van der Waals surface area contributed by atoms with E-state index in [9.17, 15) is 18.0 Å². The number of hydrogen-bond acceptors (Lipinski definition) is 5. The molecule has 8 nitrogen and oxygen atoms in total. The number of methoxy groups -OCH3 is 1. The summed E-state index contributed by atoms with van der Waals surface area (Å²) >= 11 is 12.3. The zero-order chi connectivity index (χ0) is 29.4. The number of amides is 2. The molecule has 0 radical (unpaired) electrons. The monoisotopic (exact) mass is 605 g/mol. The zero-order valence-corrected chi connectivity index (χ0v) is 25.1. The molecular weight excluding hydrogens is 573 g/mol. The molecule has 0 aliphatic heterocycles. The van der Waals surface area contributed by atoms with E-state index in [2.05, 4.69) is 5.32 Å². The van der Waals surface area contributed by atoms with E-state index in [4.69, 9.17) is 27.9 Å². The average Bonchev–Trinajstić information content (AvgIpc) is 2.96. The summed E-state index contributed by atoms with van der Waals surface area (Å²) in [5.41, 5.74) is 0.938. The maximum Gasteiger partial charge on any atom is 0.264 e. The van der Waals surface area contributed by atoms with Gasteiger partial charge in [-0.1, -0.05) is 54.4 Å². The van der Waals surface area contributed by atoms with Crippen LogP contribution in [0.3, 0.4) is 0 Å². The first-order chi connectivity index (χ1) is 19.0. The predicted octanol–water partition coefficient (Wildman–Crippen LogP) is 5.53. The van der Waals surface area contributed by atoms with E-state index in [0.29, 0.717) is 33.5 Å². The van der Waals surface area contributed by atoms with Crippen molar-refractivity contribution >= 4 is 50.7 Å². The Bertz CT molecular complexity index is 1420. The van der Waals surface area contributed by atoms with Crippen molar-refractivity contribution in [2.45, 2.75) is 50.7 Å². The summed E-state index contributed by atoms with van der Waals surface area (Å²) in [5, 5.41) is 3.55. The summed E-state index contributed by atoms with van der Waals surface area (Å²) in [4.78, 5) is 28.4. The first kappa shape index (κ1) is 31.3. The van der Waals surface area contributed by atoms with Gasteiger partial charge in [-0.15, -0.1) is 0 Å². The van der Waals surface area contributed by atoms with Crippen molar-refractivity contribution in [2.24, 2.45) is 0 Å². The Labute approximate surface area is 245 Å². The SMILES string of the molecule is CC[C@H](C)NC(=O)[C@@H](C)N(Cc1ccc(Cl)c(Cl)c1)C(=O)CN(c1ccccc1)S(=O)(=O)c1ccc(OC)cc1. The van der Waals surface area contributed by atoms with Crippen LogP contribution < -0.4 is 14.4 Å². The van der Waals surface area contributed by atoms with Gasteiger partial charge in [-0.3, -0.25) is 13.9 Å². The van der Waals surface area contributed by atoms with Crippen LogP contribution in [0.25, 0.3) is 0 Å². The summed E-state index contributed by atoms with van der Waals surface area (Å²) in [6, 6.07) is 18.2. The number of nitrogens with one attached hydrogen (secondary N) is 1. The number of nitrogens with zero attached hydrogens (tertiary/aromatic N) is 2. The molecule has 40 heavy (non-hydrogen) atoms. The molecule has 0 aliphatic carbocycles. The summed E-state index contributed by atoms with van der Waals surface area (Å²) in [5.74, 6) is -0.430. The van der Waals surface area contributed by atoms with Crippen molar-refractivity contribution < 1.29 is 22.7 Å². The second kappa shape index (κ2) is 13.9. The molecule has 3 aromatic rings. The number of sulfonamides is 1. The second-order valence-corrected chi connectivity index (χ2v) is 12.0. The number of ether oxygens (including phenoxy) is 1.